The molecule has 3 heterocycles. The van der Waals surface area contributed by atoms with Crippen LogP contribution in [0.5, 0.6) is 0 Å². The number of hydrogen-bond acceptors (Lipinski definition) is 5. The summed E-state index contributed by atoms with van der Waals surface area (Å²) in [6.45, 7) is 5.47. The molecular weight excluding hydrogens is 421 g/mol. The van der Waals surface area contributed by atoms with E-state index in [-0.39, 0.29) is 18.9 Å². The van der Waals surface area contributed by atoms with Crippen molar-refractivity contribution in [2.75, 3.05) is 54.5 Å². The predicted octanol–water partition coefficient (Wildman–Crippen LogP) is 3.62. The Morgan fingerprint density at radius 2 is 1.97 bits per heavy atom. The number of carbonyl (C=O) groups is 1. The lowest BCUT2D eigenvalue weighted by Crippen LogP contribution is -2.30. The van der Waals surface area contributed by atoms with E-state index in [0.29, 0.717) is 49.8 Å². The second-order valence-electron chi connectivity index (χ2n) is 8.26. The molecule has 0 aliphatic carbocycles. The number of anilines is 3. The third kappa shape index (κ3) is 5.15. The van der Waals surface area contributed by atoms with E-state index >= 15 is 0 Å². The van der Waals surface area contributed by atoms with Crippen molar-refractivity contribution in [3.8, 4) is 0 Å². The minimum Gasteiger partial charge on any atom is -0.380 e. The van der Waals surface area contributed by atoms with Crippen molar-refractivity contribution in [2.24, 2.45) is 0 Å². The number of alkyl halides is 1. The van der Waals surface area contributed by atoms with E-state index in [1.165, 1.54) is 6.07 Å². The lowest BCUT2D eigenvalue weighted by molar-refractivity contribution is -0.115. The van der Waals surface area contributed by atoms with Crippen LogP contribution in [0.2, 0.25) is 0 Å². The number of nitrogens with one attached hydrogen (secondary N) is 1. The molecule has 4 rings (SSSR count). The Morgan fingerprint density at radius 3 is 2.72 bits per heavy atom. The normalized spacial score (nSPS) is 19.2. The Morgan fingerprint density at radius 1 is 1.12 bits per heavy atom. The molecule has 2 aromatic rings. The summed E-state index contributed by atoms with van der Waals surface area (Å²) >= 11 is 0. The van der Waals surface area contributed by atoms with E-state index in [1.807, 2.05) is 17.9 Å². The number of hydrogen-bond donors (Lipinski definition) is 1. The Balaban J connectivity index is 1.60. The summed E-state index contributed by atoms with van der Waals surface area (Å²) in [7, 11) is 0. The molecule has 2 fully saturated rings. The SMILES string of the molecule is Cc1cc(NC(=O)Cc2ccc(F)c(F)c2)c(N2CCC(F)C2)nc1N1CCCOCC1. The molecule has 0 saturated carbocycles. The highest BCUT2D eigenvalue weighted by Crippen LogP contribution is 2.33. The van der Waals surface area contributed by atoms with Gasteiger partial charge in [0.25, 0.3) is 0 Å². The molecule has 1 N–H and O–H groups in total. The van der Waals surface area contributed by atoms with Crippen molar-refractivity contribution in [1.29, 1.82) is 0 Å². The standard InChI is InChI=1S/C23H27F3N4O2/c1-15-11-20(27-21(31)13-16-3-4-18(25)19(26)12-16)23(30-7-5-17(24)14-30)28-22(15)29-6-2-9-32-10-8-29/h3-4,11-12,17H,2,5-10,13-14H2,1H3,(H,27,31). The number of amides is 1. The van der Waals surface area contributed by atoms with E-state index in [2.05, 4.69) is 10.2 Å². The van der Waals surface area contributed by atoms with Crippen molar-refractivity contribution in [3.05, 3.63) is 47.0 Å². The van der Waals surface area contributed by atoms with Gasteiger partial charge in [-0.3, -0.25) is 4.79 Å². The summed E-state index contributed by atoms with van der Waals surface area (Å²) in [5, 5.41) is 2.84. The third-order valence-corrected chi connectivity index (χ3v) is 5.74. The third-order valence-electron chi connectivity index (χ3n) is 5.74. The Kier molecular flexibility index (Phi) is 6.83. The number of aryl methyl sites for hydroxylation is 1. The van der Waals surface area contributed by atoms with Crippen molar-refractivity contribution in [1.82, 2.24) is 4.98 Å². The van der Waals surface area contributed by atoms with Crippen LogP contribution < -0.4 is 15.1 Å². The van der Waals surface area contributed by atoms with Crippen LogP contribution in [-0.4, -0.2) is 56.5 Å². The maximum atomic E-state index is 13.9. The molecule has 1 atom stereocenters. The molecule has 32 heavy (non-hydrogen) atoms. The van der Waals surface area contributed by atoms with Crippen molar-refractivity contribution < 1.29 is 22.7 Å². The van der Waals surface area contributed by atoms with Gasteiger partial charge in [-0.2, -0.15) is 0 Å². The molecule has 1 aromatic carbocycles. The fourth-order valence-corrected chi connectivity index (χ4v) is 4.14. The molecule has 1 unspecified atom stereocenters. The fourth-order valence-electron chi connectivity index (χ4n) is 4.14. The average Bonchev–Trinajstić information content (AvgIpc) is 3.00. The van der Waals surface area contributed by atoms with Gasteiger partial charge in [-0.05, 0) is 49.1 Å². The first-order chi connectivity index (χ1) is 15.4. The minimum absolute atomic E-state index is 0.118. The molecule has 9 heteroatoms. The van der Waals surface area contributed by atoms with E-state index < -0.39 is 17.8 Å². The number of pyridine rings is 1. The highest BCUT2D eigenvalue weighted by Gasteiger charge is 2.27. The van der Waals surface area contributed by atoms with Gasteiger partial charge in [0, 0.05) is 26.2 Å². The first-order valence-corrected chi connectivity index (χ1v) is 10.9. The highest BCUT2D eigenvalue weighted by molar-refractivity contribution is 5.95. The zero-order chi connectivity index (χ0) is 22.7. The maximum Gasteiger partial charge on any atom is 0.228 e. The Bertz CT molecular complexity index is 980. The number of rotatable bonds is 5. The minimum atomic E-state index is -0.995. The van der Waals surface area contributed by atoms with E-state index in [4.69, 9.17) is 9.72 Å². The van der Waals surface area contributed by atoms with E-state index in [1.54, 1.807) is 0 Å². The number of benzene rings is 1. The van der Waals surface area contributed by atoms with Gasteiger partial charge < -0.3 is 19.9 Å². The van der Waals surface area contributed by atoms with Crippen LogP contribution in [0.4, 0.5) is 30.5 Å². The van der Waals surface area contributed by atoms with E-state index in [0.717, 1.165) is 36.5 Å². The molecule has 2 saturated heterocycles. The topological polar surface area (TPSA) is 57.7 Å². The van der Waals surface area contributed by atoms with Crippen LogP contribution in [0, 0.1) is 18.6 Å². The smallest absolute Gasteiger partial charge is 0.228 e. The van der Waals surface area contributed by atoms with Gasteiger partial charge in [0.05, 0.1) is 25.3 Å². The second kappa shape index (κ2) is 9.77. The Labute approximate surface area is 185 Å². The first kappa shape index (κ1) is 22.4. The number of nitrogens with zero attached hydrogens (tertiary/aromatic N) is 3. The van der Waals surface area contributed by atoms with Crippen LogP contribution in [0.25, 0.3) is 0 Å². The van der Waals surface area contributed by atoms with Crippen LogP contribution in [0.15, 0.2) is 24.3 Å². The molecule has 0 spiro atoms. The van der Waals surface area contributed by atoms with Crippen LogP contribution >= 0.6 is 0 Å². The summed E-state index contributed by atoms with van der Waals surface area (Å²) in [5.41, 5.74) is 1.73. The summed E-state index contributed by atoms with van der Waals surface area (Å²) in [6.07, 6.45) is 0.232. The Hall–Kier alpha value is -2.81. The van der Waals surface area contributed by atoms with Gasteiger partial charge in [0.15, 0.2) is 17.5 Å². The average molecular weight is 448 g/mol. The zero-order valence-corrected chi connectivity index (χ0v) is 18.0. The molecule has 1 amide bonds. The molecule has 1 aromatic heterocycles. The number of ether oxygens (including phenoxy) is 1. The lowest BCUT2D eigenvalue weighted by Gasteiger charge is -2.27. The van der Waals surface area contributed by atoms with Crippen LogP contribution in [0.1, 0.15) is 24.0 Å². The van der Waals surface area contributed by atoms with Gasteiger partial charge in [0.2, 0.25) is 5.91 Å². The van der Waals surface area contributed by atoms with Gasteiger partial charge in [-0.1, -0.05) is 6.07 Å². The molecular formula is C23H27F3N4O2. The van der Waals surface area contributed by atoms with Crippen molar-refractivity contribution >= 4 is 23.2 Å². The molecule has 2 aliphatic heterocycles. The van der Waals surface area contributed by atoms with Crippen LogP contribution in [0.3, 0.4) is 0 Å². The molecule has 6 nitrogen and oxygen atoms in total. The van der Waals surface area contributed by atoms with Gasteiger partial charge in [0.1, 0.15) is 12.0 Å². The first-order valence-electron chi connectivity index (χ1n) is 10.9. The van der Waals surface area contributed by atoms with E-state index in [9.17, 15) is 18.0 Å². The lowest BCUT2D eigenvalue weighted by atomic mass is 10.1. The van der Waals surface area contributed by atoms with Gasteiger partial charge in [-0.25, -0.2) is 18.2 Å². The molecule has 0 bridgehead atoms. The summed E-state index contributed by atoms with van der Waals surface area (Å²) < 4.78 is 46.2. The zero-order valence-electron chi connectivity index (χ0n) is 18.0. The molecule has 2 aliphatic rings. The van der Waals surface area contributed by atoms with Crippen LogP contribution in [-0.2, 0) is 16.0 Å². The molecule has 172 valence electrons. The largest absolute Gasteiger partial charge is 0.380 e. The summed E-state index contributed by atoms with van der Waals surface area (Å²) in [4.78, 5) is 21.5. The van der Waals surface area contributed by atoms with Gasteiger partial charge >= 0.3 is 0 Å². The predicted molar refractivity (Wildman–Crippen MR) is 117 cm³/mol. The number of halogens is 3. The van der Waals surface area contributed by atoms with Crippen molar-refractivity contribution in [3.63, 3.8) is 0 Å². The second-order valence-corrected chi connectivity index (χ2v) is 8.26. The summed E-state index contributed by atoms with van der Waals surface area (Å²) in [6, 6.07) is 5.23. The monoisotopic (exact) mass is 448 g/mol. The van der Waals surface area contributed by atoms with Crippen molar-refractivity contribution in [2.45, 2.75) is 32.4 Å². The quantitative estimate of drug-likeness (QED) is 0.757. The molecule has 0 radical (unpaired) electrons. The summed E-state index contributed by atoms with van der Waals surface area (Å²) in [5.74, 6) is -1.02. The maximum absolute atomic E-state index is 13.9. The fraction of sp³-hybridized carbons (Fsp3) is 0.478. The van der Waals surface area contributed by atoms with Gasteiger partial charge in [-0.15, -0.1) is 0 Å². The number of aromatic nitrogens is 1. The number of carbonyl (C=O) groups excluding carboxylic acids is 1. The highest BCUT2D eigenvalue weighted by atomic mass is 19.2.